The number of thioether (sulfide) groups is 1. The molecule has 2 atom stereocenters. The summed E-state index contributed by atoms with van der Waals surface area (Å²) in [6, 6.07) is 9.57. The lowest BCUT2D eigenvalue weighted by atomic mass is 9.91. The van der Waals surface area contributed by atoms with Gasteiger partial charge in [0.2, 0.25) is 0 Å². The van der Waals surface area contributed by atoms with Gasteiger partial charge in [0.1, 0.15) is 0 Å². The molecule has 0 amide bonds. The first-order valence-electron chi connectivity index (χ1n) is 6.72. The van der Waals surface area contributed by atoms with Crippen molar-refractivity contribution in [1.29, 1.82) is 0 Å². The Bertz CT molecular complexity index is 413. The average Bonchev–Trinajstić information content (AvgIpc) is 2.51. The summed E-state index contributed by atoms with van der Waals surface area (Å²) in [5.74, 6) is 0.211. The molecule has 1 aromatic rings. The van der Waals surface area contributed by atoms with E-state index in [0.717, 1.165) is 5.56 Å². The zero-order chi connectivity index (χ0) is 15.0. The Hall–Kier alpha value is -1.04. The van der Waals surface area contributed by atoms with Crippen molar-refractivity contribution in [2.24, 2.45) is 0 Å². The maximum absolute atomic E-state index is 12.4. The lowest BCUT2D eigenvalue weighted by Crippen LogP contribution is -2.52. The third-order valence-corrected chi connectivity index (χ3v) is 4.44. The van der Waals surface area contributed by atoms with E-state index >= 15 is 0 Å². The maximum atomic E-state index is 12.4. The van der Waals surface area contributed by atoms with E-state index in [0.29, 0.717) is 12.3 Å². The van der Waals surface area contributed by atoms with Crippen molar-refractivity contribution >= 4 is 17.7 Å². The van der Waals surface area contributed by atoms with Gasteiger partial charge in [-0.25, -0.2) is 4.79 Å². The van der Waals surface area contributed by atoms with E-state index in [1.165, 1.54) is 7.11 Å². The van der Waals surface area contributed by atoms with Crippen LogP contribution in [-0.4, -0.2) is 42.3 Å². The highest BCUT2D eigenvalue weighted by atomic mass is 32.2. The van der Waals surface area contributed by atoms with Gasteiger partial charge in [0.15, 0.2) is 5.54 Å². The highest BCUT2D eigenvalue weighted by Crippen LogP contribution is 2.29. The van der Waals surface area contributed by atoms with E-state index in [4.69, 9.17) is 4.74 Å². The number of hydrogen-bond donors (Lipinski definition) is 2. The summed E-state index contributed by atoms with van der Waals surface area (Å²) in [6.07, 6.45) is 0. The molecule has 0 spiro atoms. The average molecular weight is 297 g/mol. The van der Waals surface area contributed by atoms with Crippen LogP contribution in [0.2, 0.25) is 0 Å². The number of aliphatic hydroxyl groups excluding tert-OH is 1. The molecule has 0 radical (unpaired) electrons. The standard InChI is InChI=1S/C15H23NO3S/c1-4-16-15(14(18)19-3,11-20-12(2)10-17)13-8-6-5-7-9-13/h5-9,12,16-17H,4,10-11H2,1-3H3. The highest BCUT2D eigenvalue weighted by molar-refractivity contribution is 8.00. The second-order valence-electron chi connectivity index (χ2n) is 4.60. The Morgan fingerprint density at radius 1 is 1.45 bits per heavy atom. The molecule has 0 heterocycles. The van der Waals surface area contributed by atoms with Crippen LogP contribution >= 0.6 is 11.8 Å². The van der Waals surface area contributed by atoms with Crippen LogP contribution in [-0.2, 0) is 15.1 Å². The van der Waals surface area contributed by atoms with E-state index < -0.39 is 5.54 Å². The highest BCUT2D eigenvalue weighted by Gasteiger charge is 2.40. The number of ether oxygens (including phenoxy) is 1. The van der Waals surface area contributed by atoms with Gasteiger partial charge in [-0.15, -0.1) is 0 Å². The summed E-state index contributed by atoms with van der Waals surface area (Å²) in [4.78, 5) is 12.4. The second-order valence-corrected chi connectivity index (χ2v) is 6.02. The number of carbonyl (C=O) groups is 1. The molecule has 0 saturated heterocycles. The molecule has 0 bridgehead atoms. The van der Waals surface area contributed by atoms with Crippen molar-refractivity contribution < 1.29 is 14.6 Å². The van der Waals surface area contributed by atoms with Crippen LogP contribution in [0.1, 0.15) is 19.4 Å². The minimum Gasteiger partial charge on any atom is -0.467 e. The Kier molecular flexibility index (Phi) is 7.05. The van der Waals surface area contributed by atoms with Crippen molar-refractivity contribution in [2.45, 2.75) is 24.6 Å². The topological polar surface area (TPSA) is 58.6 Å². The van der Waals surface area contributed by atoms with Crippen molar-refractivity contribution in [3.63, 3.8) is 0 Å². The molecule has 20 heavy (non-hydrogen) atoms. The quantitative estimate of drug-likeness (QED) is 0.716. The van der Waals surface area contributed by atoms with Gasteiger partial charge >= 0.3 is 5.97 Å². The number of carbonyl (C=O) groups excluding carboxylic acids is 1. The minimum atomic E-state index is -0.876. The van der Waals surface area contributed by atoms with Crippen molar-refractivity contribution in [3.8, 4) is 0 Å². The third kappa shape index (κ3) is 3.98. The van der Waals surface area contributed by atoms with E-state index in [2.05, 4.69) is 5.32 Å². The summed E-state index contributed by atoms with van der Waals surface area (Å²) < 4.78 is 5.01. The zero-order valence-corrected chi connectivity index (χ0v) is 13.1. The maximum Gasteiger partial charge on any atom is 0.331 e. The molecular formula is C15H23NO3S. The molecule has 5 heteroatoms. The number of hydrogen-bond acceptors (Lipinski definition) is 5. The summed E-state index contributed by atoms with van der Waals surface area (Å²) in [5, 5.41) is 12.5. The largest absolute Gasteiger partial charge is 0.467 e. The van der Waals surface area contributed by atoms with E-state index in [1.807, 2.05) is 44.2 Å². The smallest absolute Gasteiger partial charge is 0.331 e. The van der Waals surface area contributed by atoms with Crippen LogP contribution in [0.3, 0.4) is 0 Å². The molecule has 112 valence electrons. The number of nitrogens with one attached hydrogen (secondary N) is 1. The number of likely N-dealkylation sites (N-methyl/N-ethyl adjacent to an activating group) is 1. The molecule has 1 rings (SSSR count). The predicted octanol–water partition coefficient (Wildman–Crippen LogP) is 1.78. The first-order valence-corrected chi connectivity index (χ1v) is 7.77. The minimum absolute atomic E-state index is 0.0707. The summed E-state index contributed by atoms with van der Waals surface area (Å²) in [5.41, 5.74) is 0.00474. The Morgan fingerprint density at radius 2 is 2.10 bits per heavy atom. The van der Waals surface area contributed by atoms with E-state index in [1.54, 1.807) is 11.8 Å². The molecule has 0 aliphatic rings. The lowest BCUT2D eigenvalue weighted by molar-refractivity contribution is -0.148. The third-order valence-electron chi connectivity index (χ3n) is 3.12. The van der Waals surface area contributed by atoms with Crippen molar-refractivity contribution in [1.82, 2.24) is 5.32 Å². The van der Waals surface area contributed by atoms with E-state index in [-0.39, 0.29) is 17.8 Å². The van der Waals surface area contributed by atoms with Crippen molar-refractivity contribution in [2.75, 3.05) is 26.0 Å². The second kappa shape index (κ2) is 8.29. The van der Waals surface area contributed by atoms with Crippen LogP contribution in [0.5, 0.6) is 0 Å². The van der Waals surface area contributed by atoms with Crippen LogP contribution in [0.4, 0.5) is 0 Å². The lowest BCUT2D eigenvalue weighted by Gasteiger charge is -2.32. The van der Waals surface area contributed by atoms with Gasteiger partial charge in [-0.3, -0.25) is 5.32 Å². The number of esters is 1. The number of aliphatic hydroxyl groups is 1. The number of rotatable bonds is 8. The molecule has 0 saturated carbocycles. The van der Waals surface area contributed by atoms with Crippen LogP contribution in [0.25, 0.3) is 0 Å². The first-order chi connectivity index (χ1) is 9.60. The Balaban J connectivity index is 3.11. The van der Waals surface area contributed by atoms with Gasteiger partial charge in [0.25, 0.3) is 0 Å². The number of benzene rings is 1. The van der Waals surface area contributed by atoms with E-state index in [9.17, 15) is 9.90 Å². The molecule has 4 nitrogen and oxygen atoms in total. The van der Waals surface area contributed by atoms with Gasteiger partial charge in [0.05, 0.1) is 13.7 Å². The summed E-state index contributed by atoms with van der Waals surface area (Å²) in [7, 11) is 1.40. The van der Waals surface area contributed by atoms with Crippen LogP contribution < -0.4 is 5.32 Å². The zero-order valence-electron chi connectivity index (χ0n) is 12.3. The molecule has 2 N–H and O–H groups in total. The van der Waals surface area contributed by atoms with Crippen molar-refractivity contribution in [3.05, 3.63) is 35.9 Å². The summed E-state index contributed by atoms with van der Waals surface area (Å²) >= 11 is 1.55. The number of methoxy groups -OCH3 is 1. The fraction of sp³-hybridized carbons (Fsp3) is 0.533. The van der Waals surface area contributed by atoms with Crippen LogP contribution in [0, 0.1) is 0 Å². The van der Waals surface area contributed by atoms with Gasteiger partial charge in [-0.05, 0) is 12.1 Å². The normalized spacial score (nSPS) is 15.4. The fourth-order valence-corrected chi connectivity index (χ4v) is 3.03. The molecule has 0 fully saturated rings. The molecular weight excluding hydrogens is 274 g/mol. The van der Waals surface area contributed by atoms with Gasteiger partial charge < -0.3 is 9.84 Å². The molecule has 0 aliphatic heterocycles. The van der Waals surface area contributed by atoms with Gasteiger partial charge in [-0.1, -0.05) is 44.2 Å². The predicted molar refractivity (Wildman–Crippen MR) is 82.8 cm³/mol. The molecule has 2 unspecified atom stereocenters. The Morgan fingerprint density at radius 3 is 2.60 bits per heavy atom. The monoisotopic (exact) mass is 297 g/mol. The fourth-order valence-electron chi connectivity index (χ4n) is 2.00. The SMILES string of the molecule is CCNC(CSC(C)CO)(C(=O)OC)c1ccccc1. The van der Waals surface area contributed by atoms with Gasteiger partial charge in [0, 0.05) is 11.0 Å². The first kappa shape index (κ1) is 17.0. The molecule has 0 aromatic heterocycles. The molecule has 1 aromatic carbocycles. The van der Waals surface area contributed by atoms with Gasteiger partial charge in [-0.2, -0.15) is 11.8 Å². The Labute approximate surface area is 124 Å². The molecule has 0 aliphatic carbocycles. The summed E-state index contributed by atoms with van der Waals surface area (Å²) in [6.45, 7) is 4.63. The van der Waals surface area contributed by atoms with Crippen LogP contribution in [0.15, 0.2) is 30.3 Å².